The zero-order valence-electron chi connectivity index (χ0n) is 26.1. The highest BCUT2D eigenvalue weighted by molar-refractivity contribution is 7.23. The van der Waals surface area contributed by atoms with Crippen molar-refractivity contribution in [3.05, 3.63) is 175 Å². The molecule has 1 aliphatic heterocycles. The first kappa shape index (κ1) is 27.4. The lowest BCUT2D eigenvalue weighted by Gasteiger charge is -2.35. The van der Waals surface area contributed by atoms with Gasteiger partial charge in [0.25, 0.3) is 0 Å². The molecule has 0 bridgehead atoms. The molecular formula is C44H31N3S. The molecule has 228 valence electrons. The highest BCUT2D eigenvalue weighted by Gasteiger charge is 2.33. The molecule has 3 nitrogen and oxygen atoms in total. The molecule has 2 N–H and O–H groups in total. The van der Waals surface area contributed by atoms with Crippen molar-refractivity contribution >= 4 is 59.0 Å². The second kappa shape index (κ2) is 11.0. The molecule has 3 heterocycles. The molecule has 7 aromatic carbocycles. The van der Waals surface area contributed by atoms with Crippen LogP contribution < -0.4 is 10.6 Å². The van der Waals surface area contributed by atoms with E-state index in [4.69, 9.17) is 0 Å². The third-order valence-electron chi connectivity index (χ3n) is 9.85. The monoisotopic (exact) mass is 633 g/mol. The van der Waals surface area contributed by atoms with Crippen LogP contribution in [-0.4, -0.2) is 4.57 Å². The molecular weight excluding hydrogens is 603 g/mol. The highest BCUT2D eigenvalue weighted by Crippen LogP contribution is 2.48. The van der Waals surface area contributed by atoms with Crippen LogP contribution in [0.2, 0.25) is 0 Å². The van der Waals surface area contributed by atoms with Gasteiger partial charge in [0.15, 0.2) is 6.29 Å². The van der Waals surface area contributed by atoms with E-state index in [1.54, 1.807) is 0 Å². The molecule has 10 rings (SSSR count). The summed E-state index contributed by atoms with van der Waals surface area (Å²) in [6.45, 7) is 0. The van der Waals surface area contributed by atoms with E-state index in [1.165, 1.54) is 81.0 Å². The lowest BCUT2D eigenvalue weighted by molar-refractivity contribution is 0.421. The fraction of sp³-hybridized carbons (Fsp3) is 0.0455. The van der Waals surface area contributed by atoms with Crippen LogP contribution in [0.3, 0.4) is 0 Å². The van der Waals surface area contributed by atoms with Crippen molar-refractivity contribution in [2.24, 2.45) is 0 Å². The van der Waals surface area contributed by atoms with Crippen LogP contribution >= 0.6 is 11.3 Å². The number of nitrogens with zero attached hydrogens (tertiary/aromatic N) is 1. The van der Waals surface area contributed by atoms with Gasteiger partial charge in [0.1, 0.15) is 0 Å². The van der Waals surface area contributed by atoms with E-state index in [0.29, 0.717) is 0 Å². The molecule has 0 saturated carbocycles. The summed E-state index contributed by atoms with van der Waals surface area (Å²) in [6.07, 6.45) is -0.181. The fourth-order valence-corrected chi connectivity index (χ4v) is 8.81. The number of hydrogen-bond acceptors (Lipinski definition) is 3. The number of benzene rings is 7. The average molecular weight is 634 g/mol. The van der Waals surface area contributed by atoms with Crippen LogP contribution in [0.25, 0.3) is 64.9 Å². The Labute approximate surface area is 282 Å². The minimum atomic E-state index is -0.181. The Morgan fingerprint density at radius 1 is 0.479 bits per heavy atom. The highest BCUT2D eigenvalue weighted by atomic mass is 32.1. The second-order valence-electron chi connectivity index (χ2n) is 12.7. The first-order valence-corrected chi connectivity index (χ1v) is 17.3. The van der Waals surface area contributed by atoms with Crippen molar-refractivity contribution in [3.63, 3.8) is 0 Å². The van der Waals surface area contributed by atoms with E-state index in [0.717, 1.165) is 0 Å². The summed E-state index contributed by atoms with van der Waals surface area (Å²) in [6, 6.07) is 59.6. The SMILES string of the molecule is c1ccc(-c2cc(-c3ccccc3)cc(C3NC(n4c5ccccc5c5cc6ccccc6cc54)Nc4sc5ccccc5c43)c2)cc1. The summed E-state index contributed by atoms with van der Waals surface area (Å²) >= 11 is 1.85. The second-order valence-corrected chi connectivity index (χ2v) is 13.7. The number of para-hydroxylation sites is 1. The van der Waals surface area contributed by atoms with Crippen LogP contribution in [-0.2, 0) is 0 Å². The van der Waals surface area contributed by atoms with Gasteiger partial charge in [-0.05, 0) is 86.4 Å². The number of anilines is 1. The summed E-state index contributed by atoms with van der Waals surface area (Å²) in [4.78, 5) is 0. The van der Waals surface area contributed by atoms with Crippen molar-refractivity contribution in [2.75, 3.05) is 5.32 Å². The number of aromatic nitrogens is 1. The smallest absolute Gasteiger partial charge is 0.161 e. The molecule has 2 atom stereocenters. The van der Waals surface area contributed by atoms with Gasteiger partial charge in [0, 0.05) is 21.0 Å². The topological polar surface area (TPSA) is 29.0 Å². The molecule has 0 fully saturated rings. The van der Waals surface area contributed by atoms with Gasteiger partial charge in [-0.3, -0.25) is 5.32 Å². The maximum atomic E-state index is 4.15. The normalized spacial score (nSPS) is 16.0. The third-order valence-corrected chi connectivity index (χ3v) is 11.0. The molecule has 0 saturated heterocycles. The quantitative estimate of drug-likeness (QED) is 0.202. The van der Waals surface area contributed by atoms with E-state index in [1.807, 2.05) is 11.3 Å². The Bertz CT molecular complexity index is 2580. The lowest BCUT2D eigenvalue weighted by atomic mass is 9.90. The van der Waals surface area contributed by atoms with E-state index in [9.17, 15) is 0 Å². The van der Waals surface area contributed by atoms with Gasteiger partial charge in [-0.1, -0.05) is 121 Å². The Morgan fingerprint density at radius 2 is 1.08 bits per heavy atom. The summed E-state index contributed by atoms with van der Waals surface area (Å²) in [5, 5.41) is 15.7. The molecule has 0 amide bonds. The summed E-state index contributed by atoms with van der Waals surface area (Å²) in [7, 11) is 0. The Hall–Kier alpha value is -5.68. The molecule has 48 heavy (non-hydrogen) atoms. The van der Waals surface area contributed by atoms with Crippen LogP contribution in [0.15, 0.2) is 164 Å². The Kier molecular flexibility index (Phi) is 6.26. The van der Waals surface area contributed by atoms with Crippen molar-refractivity contribution in [1.29, 1.82) is 0 Å². The number of fused-ring (bicyclic) bond motifs is 7. The van der Waals surface area contributed by atoms with Crippen LogP contribution in [0.5, 0.6) is 0 Å². The molecule has 2 unspecified atom stereocenters. The molecule has 9 aromatic rings. The number of thiophene rings is 1. The lowest BCUT2D eigenvalue weighted by Crippen LogP contribution is -2.40. The third kappa shape index (κ3) is 4.38. The van der Waals surface area contributed by atoms with E-state index in [2.05, 4.69) is 179 Å². The van der Waals surface area contributed by atoms with Crippen LogP contribution in [0.1, 0.15) is 23.5 Å². The first-order chi connectivity index (χ1) is 23.8. The summed E-state index contributed by atoms with van der Waals surface area (Å²) in [5.74, 6) is 0. The average Bonchev–Trinajstić information content (AvgIpc) is 3.69. The minimum Gasteiger partial charge on any atom is -0.344 e. The van der Waals surface area contributed by atoms with Crippen LogP contribution in [0, 0.1) is 0 Å². The first-order valence-electron chi connectivity index (χ1n) is 16.5. The van der Waals surface area contributed by atoms with Crippen molar-refractivity contribution in [3.8, 4) is 22.3 Å². The number of nitrogens with one attached hydrogen (secondary N) is 2. The molecule has 0 radical (unpaired) electrons. The Balaban J connectivity index is 1.22. The van der Waals surface area contributed by atoms with Gasteiger partial charge in [-0.2, -0.15) is 0 Å². The maximum Gasteiger partial charge on any atom is 0.161 e. The predicted molar refractivity (Wildman–Crippen MR) is 204 cm³/mol. The van der Waals surface area contributed by atoms with Gasteiger partial charge < -0.3 is 9.88 Å². The van der Waals surface area contributed by atoms with E-state index < -0.39 is 0 Å². The zero-order valence-corrected chi connectivity index (χ0v) is 26.9. The molecule has 0 aliphatic carbocycles. The maximum absolute atomic E-state index is 4.15. The molecule has 0 spiro atoms. The van der Waals surface area contributed by atoms with Gasteiger partial charge >= 0.3 is 0 Å². The number of rotatable bonds is 4. The standard InChI is InChI=1S/C44H31N3S/c1-3-13-28(14-4-1)32-23-33(29-15-5-2-6-16-29)25-34(24-32)42-41-36-20-10-12-22-40(36)48-43(41)46-44(45-42)47-38-21-11-9-19-35(38)37-26-30-17-7-8-18-31(30)27-39(37)47/h1-27,42,44-46H. The minimum absolute atomic E-state index is 0.0507. The zero-order chi connectivity index (χ0) is 31.6. The fourth-order valence-electron chi connectivity index (χ4n) is 7.64. The molecule has 2 aromatic heterocycles. The largest absolute Gasteiger partial charge is 0.344 e. The molecule has 4 heteroatoms. The van der Waals surface area contributed by atoms with Crippen molar-refractivity contribution < 1.29 is 0 Å². The van der Waals surface area contributed by atoms with Gasteiger partial charge in [-0.25, -0.2) is 0 Å². The molecule has 1 aliphatic rings. The van der Waals surface area contributed by atoms with Crippen LogP contribution in [0.4, 0.5) is 5.00 Å². The summed E-state index contributed by atoms with van der Waals surface area (Å²) in [5.41, 5.74) is 9.84. The van der Waals surface area contributed by atoms with Crippen molar-refractivity contribution in [2.45, 2.75) is 12.3 Å². The Morgan fingerprint density at radius 3 is 1.81 bits per heavy atom. The van der Waals surface area contributed by atoms with Gasteiger partial charge in [-0.15, -0.1) is 11.3 Å². The van der Waals surface area contributed by atoms with E-state index >= 15 is 0 Å². The van der Waals surface area contributed by atoms with Crippen molar-refractivity contribution in [1.82, 2.24) is 9.88 Å². The predicted octanol–water partition coefficient (Wildman–Crippen LogP) is 11.8. The van der Waals surface area contributed by atoms with E-state index in [-0.39, 0.29) is 12.3 Å². The summed E-state index contributed by atoms with van der Waals surface area (Å²) < 4.78 is 3.76. The number of hydrogen-bond donors (Lipinski definition) is 2. The van der Waals surface area contributed by atoms with Gasteiger partial charge in [0.05, 0.1) is 22.1 Å². The van der Waals surface area contributed by atoms with Gasteiger partial charge in [0.2, 0.25) is 0 Å².